The van der Waals surface area contributed by atoms with Crippen molar-refractivity contribution >= 4 is 22.4 Å². The van der Waals surface area contributed by atoms with Gasteiger partial charge in [0.05, 0.1) is 6.07 Å². The number of carbonyl (C=O) groups excluding carboxylic acids is 1. The van der Waals surface area contributed by atoms with Gasteiger partial charge in [-0.05, 0) is 69.1 Å². The molecule has 1 heterocycles. The second-order valence-electron chi connectivity index (χ2n) is 8.97. The number of nitriles is 1. The highest BCUT2D eigenvalue weighted by Gasteiger charge is 2.53. The van der Waals surface area contributed by atoms with Gasteiger partial charge in [-0.1, -0.05) is 24.2 Å². The second-order valence-corrected chi connectivity index (χ2v) is 9.94. The minimum absolute atomic E-state index is 0.180. The molecule has 1 aromatic heterocycles. The highest BCUT2D eigenvalue weighted by molar-refractivity contribution is 7.15. The van der Waals surface area contributed by atoms with Crippen LogP contribution in [0, 0.1) is 34.5 Å². The van der Waals surface area contributed by atoms with E-state index in [0.29, 0.717) is 18.0 Å². The fourth-order valence-electron chi connectivity index (χ4n) is 6.45. The quantitative estimate of drug-likeness (QED) is 0.887. The lowest BCUT2D eigenvalue weighted by molar-refractivity contribution is -0.122. The zero-order valence-electron chi connectivity index (χ0n) is 14.5. The molecule has 5 nitrogen and oxygen atoms in total. The van der Waals surface area contributed by atoms with Gasteiger partial charge in [0.15, 0.2) is 0 Å². The Morgan fingerprint density at radius 3 is 2.24 bits per heavy atom. The van der Waals surface area contributed by atoms with Crippen LogP contribution in [0.2, 0.25) is 0 Å². The summed E-state index contributed by atoms with van der Waals surface area (Å²) in [5.41, 5.74) is -0.637. The van der Waals surface area contributed by atoms with Crippen molar-refractivity contribution in [1.29, 1.82) is 5.26 Å². The highest BCUT2D eigenvalue weighted by atomic mass is 32.1. The third-order valence-electron chi connectivity index (χ3n) is 7.24. The molecule has 5 aliphatic rings. The van der Waals surface area contributed by atoms with Gasteiger partial charge in [0.2, 0.25) is 11.0 Å². The van der Waals surface area contributed by atoms with E-state index in [1.807, 2.05) is 0 Å². The van der Waals surface area contributed by atoms with Gasteiger partial charge in [0, 0.05) is 5.41 Å². The Morgan fingerprint density at radius 1 is 1.08 bits per heavy atom. The monoisotopic (exact) mass is 356 g/mol. The molecule has 0 radical (unpaired) electrons. The number of rotatable bonds is 3. The Kier molecular flexibility index (Phi) is 3.47. The van der Waals surface area contributed by atoms with Gasteiger partial charge in [-0.25, -0.2) is 0 Å². The SMILES string of the molecule is N#CC1(C(=O)Nc2nnc(C34CC5CC(CC(C5)C3)C4)s2)CCCC1. The van der Waals surface area contributed by atoms with Gasteiger partial charge < -0.3 is 0 Å². The van der Waals surface area contributed by atoms with E-state index < -0.39 is 5.41 Å². The molecule has 1 aromatic rings. The summed E-state index contributed by atoms with van der Waals surface area (Å²) in [6.45, 7) is 0. The topological polar surface area (TPSA) is 78.7 Å². The molecule has 5 aliphatic carbocycles. The Balaban J connectivity index is 1.36. The molecule has 0 unspecified atom stereocenters. The first-order valence-electron chi connectivity index (χ1n) is 9.68. The Bertz CT molecular complexity index is 708. The van der Waals surface area contributed by atoms with Crippen molar-refractivity contribution in [2.24, 2.45) is 23.2 Å². The number of nitrogens with zero attached hydrogens (tertiary/aromatic N) is 3. The zero-order chi connectivity index (χ0) is 17.1. The number of nitrogens with one attached hydrogen (secondary N) is 1. The van der Waals surface area contributed by atoms with E-state index in [2.05, 4.69) is 21.6 Å². The fraction of sp³-hybridized carbons (Fsp3) is 0.789. The smallest absolute Gasteiger partial charge is 0.246 e. The molecule has 4 bridgehead atoms. The third kappa shape index (κ3) is 2.43. The maximum absolute atomic E-state index is 12.6. The molecule has 25 heavy (non-hydrogen) atoms. The van der Waals surface area contributed by atoms with Crippen molar-refractivity contribution in [3.8, 4) is 6.07 Å². The summed E-state index contributed by atoms with van der Waals surface area (Å²) in [5, 5.41) is 22.9. The van der Waals surface area contributed by atoms with E-state index in [1.54, 1.807) is 11.3 Å². The van der Waals surface area contributed by atoms with Crippen molar-refractivity contribution in [1.82, 2.24) is 10.2 Å². The molecule has 0 saturated heterocycles. The van der Waals surface area contributed by atoms with E-state index in [4.69, 9.17) is 0 Å². The normalized spacial score (nSPS) is 37.8. The number of amides is 1. The van der Waals surface area contributed by atoms with Crippen LogP contribution in [0.4, 0.5) is 5.13 Å². The van der Waals surface area contributed by atoms with Crippen LogP contribution >= 0.6 is 11.3 Å². The van der Waals surface area contributed by atoms with Crippen LogP contribution in [-0.2, 0) is 10.2 Å². The van der Waals surface area contributed by atoms with Crippen LogP contribution in [0.3, 0.4) is 0 Å². The van der Waals surface area contributed by atoms with E-state index >= 15 is 0 Å². The predicted octanol–water partition coefficient (Wildman–Crippen LogP) is 4.03. The van der Waals surface area contributed by atoms with Gasteiger partial charge in [-0.2, -0.15) is 5.26 Å². The highest BCUT2D eigenvalue weighted by Crippen LogP contribution is 2.61. The largest absolute Gasteiger partial charge is 0.299 e. The summed E-state index contributed by atoms with van der Waals surface area (Å²) < 4.78 is 0. The van der Waals surface area contributed by atoms with Crippen LogP contribution in [0.25, 0.3) is 0 Å². The van der Waals surface area contributed by atoms with E-state index in [9.17, 15) is 10.1 Å². The third-order valence-corrected chi connectivity index (χ3v) is 8.33. The summed E-state index contributed by atoms with van der Waals surface area (Å²) in [4.78, 5) is 12.6. The van der Waals surface area contributed by atoms with Crippen LogP contribution in [0.1, 0.15) is 69.2 Å². The molecule has 6 heteroatoms. The number of hydrogen-bond acceptors (Lipinski definition) is 5. The first-order chi connectivity index (χ1) is 12.1. The van der Waals surface area contributed by atoms with Crippen molar-refractivity contribution in [3.05, 3.63) is 5.01 Å². The first-order valence-corrected chi connectivity index (χ1v) is 10.5. The van der Waals surface area contributed by atoms with Gasteiger partial charge in [0.1, 0.15) is 10.4 Å². The Labute approximate surface area is 152 Å². The van der Waals surface area contributed by atoms with E-state index in [-0.39, 0.29) is 11.3 Å². The van der Waals surface area contributed by atoms with Crippen molar-refractivity contribution in [3.63, 3.8) is 0 Å². The van der Waals surface area contributed by atoms with Gasteiger partial charge >= 0.3 is 0 Å². The zero-order valence-corrected chi connectivity index (χ0v) is 15.3. The van der Waals surface area contributed by atoms with Gasteiger partial charge in [0.25, 0.3) is 0 Å². The average molecular weight is 356 g/mol. The summed E-state index contributed by atoms with van der Waals surface area (Å²) in [6, 6.07) is 2.26. The molecular weight excluding hydrogens is 332 g/mol. The maximum atomic E-state index is 12.6. The van der Waals surface area contributed by atoms with Crippen LogP contribution in [-0.4, -0.2) is 16.1 Å². The van der Waals surface area contributed by atoms with E-state index in [0.717, 1.165) is 35.6 Å². The first kappa shape index (κ1) is 15.7. The number of aromatic nitrogens is 2. The standard InChI is InChI=1S/C19H24N4OS/c20-11-18(3-1-2-4-18)15(24)21-17-23-22-16(25-17)19-8-12-5-13(9-19)7-14(6-12)10-19/h12-14H,1-10H2,(H,21,23,24). The minimum Gasteiger partial charge on any atom is -0.299 e. The van der Waals surface area contributed by atoms with Gasteiger partial charge in [-0.3, -0.25) is 10.1 Å². The summed E-state index contributed by atoms with van der Waals surface area (Å²) in [5.74, 6) is 2.43. The molecule has 0 aliphatic heterocycles. The number of hydrogen-bond donors (Lipinski definition) is 1. The van der Waals surface area contributed by atoms with Crippen LogP contribution in [0.5, 0.6) is 0 Å². The molecule has 1 amide bonds. The Hall–Kier alpha value is -1.48. The van der Waals surface area contributed by atoms with Crippen LogP contribution < -0.4 is 5.32 Å². The maximum Gasteiger partial charge on any atom is 0.246 e. The lowest BCUT2D eigenvalue weighted by Crippen LogP contribution is -2.48. The second kappa shape index (κ2) is 5.51. The van der Waals surface area contributed by atoms with Crippen molar-refractivity contribution in [2.75, 3.05) is 5.32 Å². The number of anilines is 1. The summed E-state index contributed by atoms with van der Waals surface area (Å²) in [7, 11) is 0. The molecule has 0 spiro atoms. The molecule has 1 N–H and O–H groups in total. The lowest BCUT2D eigenvalue weighted by Gasteiger charge is -2.55. The molecule has 5 fully saturated rings. The molecule has 5 saturated carbocycles. The van der Waals surface area contributed by atoms with Crippen molar-refractivity contribution < 1.29 is 4.79 Å². The predicted molar refractivity (Wildman–Crippen MR) is 94.9 cm³/mol. The average Bonchev–Trinajstić information content (AvgIpc) is 3.23. The van der Waals surface area contributed by atoms with Crippen LogP contribution in [0.15, 0.2) is 0 Å². The molecule has 0 atom stereocenters. The molecule has 132 valence electrons. The molecule has 6 rings (SSSR count). The van der Waals surface area contributed by atoms with Gasteiger partial charge in [-0.15, -0.1) is 10.2 Å². The Morgan fingerprint density at radius 2 is 1.68 bits per heavy atom. The molecule has 0 aromatic carbocycles. The fourth-order valence-corrected chi connectivity index (χ4v) is 7.40. The van der Waals surface area contributed by atoms with E-state index in [1.165, 1.54) is 38.5 Å². The van der Waals surface area contributed by atoms with Crippen molar-refractivity contribution in [2.45, 2.75) is 69.6 Å². The summed E-state index contributed by atoms with van der Waals surface area (Å²) in [6.07, 6.45) is 11.2. The number of carbonyl (C=O) groups is 1. The minimum atomic E-state index is -0.855. The lowest BCUT2D eigenvalue weighted by atomic mass is 9.50. The molecular formula is C19H24N4OS. The summed E-state index contributed by atoms with van der Waals surface area (Å²) >= 11 is 1.55.